The minimum atomic E-state index is -1.49. The van der Waals surface area contributed by atoms with Gasteiger partial charge in [0.25, 0.3) is 0 Å². The van der Waals surface area contributed by atoms with E-state index in [1.54, 1.807) is 0 Å². The molecule has 0 aliphatic rings. The van der Waals surface area contributed by atoms with Crippen LogP contribution >= 0.6 is 0 Å². The lowest BCUT2D eigenvalue weighted by atomic mass is 10.0. The summed E-state index contributed by atoms with van der Waals surface area (Å²) < 4.78 is 10.6. The molecule has 144 valence electrons. The topological polar surface area (TPSA) is 110 Å². The number of rotatable bonds is 12. The lowest BCUT2D eigenvalue weighted by Crippen LogP contribution is -2.18. The number of esters is 1. The van der Waals surface area contributed by atoms with E-state index in [2.05, 4.69) is 13.8 Å². The molecule has 1 rings (SSSR count). The monoisotopic (exact) mass is 366 g/mol. The van der Waals surface area contributed by atoms with Gasteiger partial charge in [-0.05, 0) is 24.5 Å². The largest absolute Gasteiger partial charge is 0.478 e. The van der Waals surface area contributed by atoms with Gasteiger partial charge in [0.1, 0.15) is 6.61 Å². The number of unbranched alkanes of at least 4 members (excludes halogenated alkanes) is 1. The molecule has 7 nitrogen and oxygen atoms in total. The second-order valence-electron chi connectivity index (χ2n) is 5.97. The van der Waals surface area contributed by atoms with Gasteiger partial charge in [-0.1, -0.05) is 39.2 Å². The zero-order valence-corrected chi connectivity index (χ0v) is 15.2. The van der Waals surface area contributed by atoms with E-state index in [9.17, 15) is 19.5 Å². The standard InChI is InChI=1S/C19H26O7/c1-3-5-7-13(4-2)12-25-10-11-26-19(24)15-9-6-8-14(17(20)21)16(15)18(22)23/h6,8-9,13H,3-5,7,10-12H2,1-2H3,(H,20,21)(H,22,23). The van der Waals surface area contributed by atoms with Gasteiger partial charge in [0.15, 0.2) is 0 Å². The number of benzene rings is 1. The maximum Gasteiger partial charge on any atom is 0.339 e. The summed E-state index contributed by atoms with van der Waals surface area (Å²) in [5.41, 5.74) is -1.31. The molecular formula is C19H26O7. The lowest BCUT2D eigenvalue weighted by molar-refractivity contribution is 0.0243. The summed E-state index contributed by atoms with van der Waals surface area (Å²) in [6.07, 6.45) is 4.39. The van der Waals surface area contributed by atoms with Gasteiger partial charge in [0.2, 0.25) is 0 Å². The molecular weight excluding hydrogens is 340 g/mol. The van der Waals surface area contributed by atoms with Crippen LogP contribution < -0.4 is 0 Å². The first kappa shape index (κ1) is 21.6. The molecule has 1 aromatic carbocycles. The van der Waals surface area contributed by atoms with Crippen molar-refractivity contribution in [2.45, 2.75) is 39.5 Å². The summed E-state index contributed by atoms with van der Waals surface area (Å²) in [5, 5.41) is 18.3. The summed E-state index contributed by atoms with van der Waals surface area (Å²) in [6, 6.07) is 3.67. The first-order valence-electron chi connectivity index (χ1n) is 8.76. The Morgan fingerprint density at radius 3 is 2.31 bits per heavy atom. The predicted octanol–water partition coefficient (Wildman–Crippen LogP) is 3.47. The van der Waals surface area contributed by atoms with E-state index in [1.165, 1.54) is 12.1 Å². The molecule has 0 radical (unpaired) electrons. The Bertz CT molecular complexity index is 624. The number of hydrogen-bond donors (Lipinski definition) is 2. The van der Waals surface area contributed by atoms with E-state index in [0.29, 0.717) is 12.5 Å². The molecule has 0 aromatic heterocycles. The zero-order valence-electron chi connectivity index (χ0n) is 15.2. The van der Waals surface area contributed by atoms with Gasteiger partial charge in [0.05, 0.1) is 23.3 Å². The lowest BCUT2D eigenvalue weighted by Gasteiger charge is -2.15. The Kier molecular flexibility index (Phi) is 9.36. The van der Waals surface area contributed by atoms with Crippen LogP contribution in [-0.4, -0.2) is 47.9 Å². The maximum atomic E-state index is 12.1. The van der Waals surface area contributed by atoms with Crippen LogP contribution in [0.3, 0.4) is 0 Å². The fourth-order valence-corrected chi connectivity index (χ4v) is 2.55. The number of aromatic carboxylic acids is 2. The van der Waals surface area contributed by atoms with Crippen molar-refractivity contribution in [1.82, 2.24) is 0 Å². The number of hydrogen-bond acceptors (Lipinski definition) is 5. The van der Waals surface area contributed by atoms with Crippen molar-refractivity contribution in [2.24, 2.45) is 5.92 Å². The Morgan fingerprint density at radius 2 is 1.73 bits per heavy atom. The van der Waals surface area contributed by atoms with E-state index in [1.807, 2.05) is 0 Å². The number of carboxylic acids is 2. The van der Waals surface area contributed by atoms with Crippen molar-refractivity contribution < 1.29 is 34.1 Å². The number of carbonyl (C=O) groups is 3. The molecule has 0 bridgehead atoms. The molecule has 1 unspecified atom stereocenters. The molecule has 1 aromatic rings. The highest BCUT2D eigenvalue weighted by atomic mass is 16.6. The molecule has 1 atom stereocenters. The van der Waals surface area contributed by atoms with Crippen molar-refractivity contribution in [3.63, 3.8) is 0 Å². The highest BCUT2D eigenvalue weighted by Gasteiger charge is 2.24. The van der Waals surface area contributed by atoms with Crippen LogP contribution in [-0.2, 0) is 9.47 Å². The molecule has 0 fully saturated rings. The number of carbonyl (C=O) groups excluding carboxylic acids is 1. The van der Waals surface area contributed by atoms with Crippen LogP contribution in [0.5, 0.6) is 0 Å². The van der Waals surface area contributed by atoms with Gasteiger partial charge in [-0.3, -0.25) is 0 Å². The Hall–Kier alpha value is -2.41. The average molecular weight is 366 g/mol. The predicted molar refractivity (Wildman–Crippen MR) is 94.8 cm³/mol. The van der Waals surface area contributed by atoms with Crippen molar-refractivity contribution >= 4 is 17.9 Å². The molecule has 0 aliphatic carbocycles. The van der Waals surface area contributed by atoms with Crippen LogP contribution in [0.1, 0.15) is 70.6 Å². The summed E-state index contributed by atoms with van der Waals surface area (Å²) >= 11 is 0. The van der Waals surface area contributed by atoms with Gasteiger partial charge >= 0.3 is 17.9 Å². The fraction of sp³-hybridized carbons (Fsp3) is 0.526. The SMILES string of the molecule is CCCCC(CC)COCCOC(=O)c1cccc(C(=O)O)c1C(=O)O. The van der Waals surface area contributed by atoms with E-state index < -0.39 is 29.0 Å². The quantitative estimate of drug-likeness (QED) is 0.430. The van der Waals surface area contributed by atoms with Crippen LogP contribution in [0.25, 0.3) is 0 Å². The molecule has 0 saturated carbocycles. The maximum absolute atomic E-state index is 12.1. The third-order valence-electron chi connectivity index (χ3n) is 4.09. The molecule has 0 heterocycles. The zero-order chi connectivity index (χ0) is 19.5. The van der Waals surface area contributed by atoms with Gasteiger partial charge in [-0.2, -0.15) is 0 Å². The van der Waals surface area contributed by atoms with Gasteiger partial charge < -0.3 is 19.7 Å². The van der Waals surface area contributed by atoms with Crippen molar-refractivity contribution in [3.8, 4) is 0 Å². The van der Waals surface area contributed by atoms with Gasteiger partial charge in [-0.15, -0.1) is 0 Å². The Morgan fingerprint density at radius 1 is 1.04 bits per heavy atom. The summed E-state index contributed by atoms with van der Waals surface area (Å²) in [5.74, 6) is -3.32. The third kappa shape index (κ3) is 6.48. The third-order valence-corrected chi connectivity index (χ3v) is 4.09. The van der Waals surface area contributed by atoms with Crippen LogP contribution in [0.4, 0.5) is 0 Å². The molecule has 2 N–H and O–H groups in total. The van der Waals surface area contributed by atoms with Gasteiger partial charge in [-0.25, -0.2) is 14.4 Å². The highest BCUT2D eigenvalue weighted by molar-refractivity contribution is 6.09. The average Bonchev–Trinajstić information content (AvgIpc) is 2.62. The van der Waals surface area contributed by atoms with Crippen molar-refractivity contribution in [2.75, 3.05) is 19.8 Å². The minimum absolute atomic E-state index is 0.0284. The summed E-state index contributed by atoms with van der Waals surface area (Å²) in [4.78, 5) is 34.6. The van der Waals surface area contributed by atoms with E-state index in [4.69, 9.17) is 14.6 Å². The molecule has 0 spiro atoms. The molecule has 0 saturated heterocycles. The molecule has 7 heteroatoms. The highest BCUT2D eigenvalue weighted by Crippen LogP contribution is 2.17. The number of carboxylic acid groups (broad SMARTS) is 2. The summed E-state index contributed by atoms with van der Waals surface area (Å²) in [6.45, 7) is 5.00. The minimum Gasteiger partial charge on any atom is -0.478 e. The molecule has 0 amide bonds. The number of ether oxygens (including phenoxy) is 2. The normalized spacial score (nSPS) is 11.8. The first-order valence-corrected chi connectivity index (χ1v) is 8.76. The van der Waals surface area contributed by atoms with E-state index in [-0.39, 0.29) is 18.8 Å². The van der Waals surface area contributed by atoms with Crippen LogP contribution in [0, 0.1) is 5.92 Å². The Balaban J connectivity index is 2.58. The smallest absolute Gasteiger partial charge is 0.339 e. The van der Waals surface area contributed by atoms with Crippen molar-refractivity contribution in [3.05, 3.63) is 34.9 Å². The second-order valence-corrected chi connectivity index (χ2v) is 5.97. The summed E-state index contributed by atoms with van der Waals surface area (Å²) in [7, 11) is 0. The Labute approximate surface area is 152 Å². The second kappa shape index (κ2) is 11.3. The van der Waals surface area contributed by atoms with Crippen LogP contribution in [0.15, 0.2) is 18.2 Å². The fourth-order valence-electron chi connectivity index (χ4n) is 2.55. The van der Waals surface area contributed by atoms with Gasteiger partial charge in [0, 0.05) is 6.61 Å². The van der Waals surface area contributed by atoms with Crippen molar-refractivity contribution in [1.29, 1.82) is 0 Å². The molecule has 26 heavy (non-hydrogen) atoms. The van der Waals surface area contributed by atoms with E-state index in [0.717, 1.165) is 31.7 Å². The van der Waals surface area contributed by atoms with E-state index >= 15 is 0 Å². The first-order chi connectivity index (χ1) is 12.4. The van der Waals surface area contributed by atoms with Crippen LogP contribution in [0.2, 0.25) is 0 Å². The molecule has 0 aliphatic heterocycles.